The van der Waals surface area contributed by atoms with Gasteiger partial charge in [-0.3, -0.25) is 0 Å². The van der Waals surface area contributed by atoms with E-state index in [4.69, 9.17) is 10.8 Å². The minimum Gasteiger partial charge on any atom is -0.394 e. The summed E-state index contributed by atoms with van der Waals surface area (Å²) in [4.78, 5) is 0. The molecule has 0 aliphatic carbocycles. The number of aliphatic hydroxyl groups is 1. The van der Waals surface area contributed by atoms with Gasteiger partial charge in [-0.2, -0.15) is 0 Å². The molecular weight excluding hydrogens is 236 g/mol. The van der Waals surface area contributed by atoms with Gasteiger partial charge in [0.2, 0.25) is 0 Å². The predicted molar refractivity (Wildman–Crippen MR) is 65.8 cm³/mol. The van der Waals surface area contributed by atoms with Gasteiger partial charge in [-0.1, -0.05) is 30.3 Å². The number of hydrogen-bond acceptors (Lipinski definition) is 2. The SMILES string of the molecule is N[C@@H](CO)c1ccc(-c2ccccc2F)c(F)c1. The molecule has 0 bridgehead atoms. The molecular formula is C14H13F2NO. The second kappa shape index (κ2) is 5.25. The van der Waals surface area contributed by atoms with Crippen molar-refractivity contribution in [2.75, 3.05) is 6.61 Å². The third-order valence-corrected chi connectivity index (χ3v) is 2.78. The first-order chi connectivity index (χ1) is 8.63. The van der Waals surface area contributed by atoms with Crippen LogP contribution in [0.15, 0.2) is 42.5 Å². The quantitative estimate of drug-likeness (QED) is 0.878. The van der Waals surface area contributed by atoms with Gasteiger partial charge in [0.05, 0.1) is 12.6 Å². The van der Waals surface area contributed by atoms with E-state index in [-0.39, 0.29) is 17.7 Å². The third kappa shape index (κ3) is 2.39. The van der Waals surface area contributed by atoms with E-state index in [1.54, 1.807) is 18.2 Å². The van der Waals surface area contributed by atoms with Crippen molar-refractivity contribution in [2.45, 2.75) is 6.04 Å². The molecule has 0 unspecified atom stereocenters. The zero-order valence-corrected chi connectivity index (χ0v) is 9.61. The summed E-state index contributed by atoms with van der Waals surface area (Å²) in [6, 6.07) is 9.64. The molecule has 94 valence electrons. The fourth-order valence-electron chi connectivity index (χ4n) is 1.77. The summed E-state index contributed by atoms with van der Waals surface area (Å²) >= 11 is 0. The Hall–Kier alpha value is -1.78. The fourth-order valence-corrected chi connectivity index (χ4v) is 1.77. The number of nitrogens with two attached hydrogens (primary N) is 1. The molecule has 2 nitrogen and oxygen atoms in total. The van der Waals surface area contributed by atoms with E-state index < -0.39 is 17.7 Å². The summed E-state index contributed by atoms with van der Waals surface area (Å²) in [5.74, 6) is -1.03. The van der Waals surface area contributed by atoms with Gasteiger partial charge in [0, 0.05) is 11.1 Å². The second-order valence-corrected chi connectivity index (χ2v) is 4.01. The van der Waals surface area contributed by atoms with Gasteiger partial charge < -0.3 is 10.8 Å². The molecule has 0 amide bonds. The monoisotopic (exact) mass is 249 g/mol. The van der Waals surface area contributed by atoms with Crippen molar-refractivity contribution >= 4 is 0 Å². The lowest BCUT2D eigenvalue weighted by Crippen LogP contribution is -2.14. The smallest absolute Gasteiger partial charge is 0.131 e. The summed E-state index contributed by atoms with van der Waals surface area (Å²) in [7, 11) is 0. The van der Waals surface area contributed by atoms with Gasteiger partial charge in [-0.25, -0.2) is 8.78 Å². The van der Waals surface area contributed by atoms with Gasteiger partial charge in [0.25, 0.3) is 0 Å². The number of hydrogen-bond donors (Lipinski definition) is 2. The predicted octanol–water partition coefficient (Wildman–Crippen LogP) is 2.62. The van der Waals surface area contributed by atoms with Crippen molar-refractivity contribution in [3.05, 3.63) is 59.7 Å². The molecule has 0 spiro atoms. The van der Waals surface area contributed by atoms with Gasteiger partial charge in [-0.05, 0) is 17.7 Å². The lowest BCUT2D eigenvalue weighted by molar-refractivity contribution is 0.268. The normalized spacial score (nSPS) is 12.4. The number of benzene rings is 2. The largest absolute Gasteiger partial charge is 0.394 e. The number of rotatable bonds is 3. The Bertz CT molecular complexity index is 557. The van der Waals surface area contributed by atoms with Gasteiger partial charge in [-0.15, -0.1) is 0 Å². The van der Waals surface area contributed by atoms with Crippen molar-refractivity contribution in [2.24, 2.45) is 5.73 Å². The maximum atomic E-state index is 13.9. The number of aliphatic hydroxyl groups excluding tert-OH is 1. The Labute approximate surface area is 104 Å². The number of halogens is 2. The molecule has 2 aromatic rings. The van der Waals surface area contributed by atoms with Gasteiger partial charge in [0.1, 0.15) is 11.6 Å². The maximum Gasteiger partial charge on any atom is 0.131 e. The molecule has 0 fully saturated rings. The van der Waals surface area contributed by atoms with E-state index in [0.717, 1.165) is 0 Å². The Morgan fingerprint density at radius 2 is 1.67 bits per heavy atom. The van der Waals surface area contributed by atoms with Crippen LogP contribution >= 0.6 is 0 Å². The van der Waals surface area contributed by atoms with Crippen molar-refractivity contribution in [3.63, 3.8) is 0 Å². The van der Waals surface area contributed by atoms with E-state index in [9.17, 15) is 8.78 Å². The second-order valence-electron chi connectivity index (χ2n) is 4.01. The summed E-state index contributed by atoms with van der Waals surface area (Å²) in [6.07, 6.45) is 0. The lowest BCUT2D eigenvalue weighted by atomic mass is 10.0. The molecule has 0 aliphatic rings. The van der Waals surface area contributed by atoms with Crippen molar-refractivity contribution in [3.8, 4) is 11.1 Å². The molecule has 0 aliphatic heterocycles. The molecule has 0 saturated carbocycles. The van der Waals surface area contributed by atoms with Crippen LogP contribution in [0.4, 0.5) is 8.78 Å². The van der Waals surface area contributed by atoms with E-state index in [1.165, 1.54) is 24.3 Å². The molecule has 18 heavy (non-hydrogen) atoms. The van der Waals surface area contributed by atoms with E-state index >= 15 is 0 Å². The van der Waals surface area contributed by atoms with Gasteiger partial charge >= 0.3 is 0 Å². The Morgan fingerprint density at radius 3 is 2.28 bits per heavy atom. The highest BCUT2D eigenvalue weighted by Crippen LogP contribution is 2.27. The topological polar surface area (TPSA) is 46.2 Å². The lowest BCUT2D eigenvalue weighted by Gasteiger charge is -2.11. The first-order valence-electron chi connectivity index (χ1n) is 5.54. The Balaban J connectivity index is 2.45. The first kappa shape index (κ1) is 12.7. The molecule has 4 heteroatoms. The average molecular weight is 249 g/mol. The fraction of sp³-hybridized carbons (Fsp3) is 0.143. The van der Waals surface area contributed by atoms with Gasteiger partial charge in [0.15, 0.2) is 0 Å². The van der Waals surface area contributed by atoms with Crippen molar-refractivity contribution in [1.82, 2.24) is 0 Å². The first-order valence-corrected chi connectivity index (χ1v) is 5.54. The molecule has 1 atom stereocenters. The van der Waals surface area contributed by atoms with E-state index in [1.807, 2.05) is 0 Å². The highest BCUT2D eigenvalue weighted by atomic mass is 19.1. The average Bonchev–Trinajstić information content (AvgIpc) is 2.39. The summed E-state index contributed by atoms with van der Waals surface area (Å²) < 4.78 is 27.5. The molecule has 2 aromatic carbocycles. The summed E-state index contributed by atoms with van der Waals surface area (Å²) in [5.41, 5.74) is 6.46. The minimum atomic E-state index is -0.630. The van der Waals surface area contributed by atoms with Crippen molar-refractivity contribution in [1.29, 1.82) is 0 Å². The molecule has 2 rings (SSSR count). The highest BCUT2D eigenvalue weighted by molar-refractivity contribution is 5.65. The van der Waals surface area contributed by atoms with Crippen LogP contribution in [0.2, 0.25) is 0 Å². The molecule has 0 radical (unpaired) electrons. The van der Waals surface area contributed by atoms with Crippen molar-refractivity contribution < 1.29 is 13.9 Å². The highest BCUT2D eigenvalue weighted by Gasteiger charge is 2.12. The molecule has 0 saturated heterocycles. The van der Waals surface area contributed by atoms with Crippen LogP contribution in [0.3, 0.4) is 0 Å². The van der Waals surface area contributed by atoms with Crippen LogP contribution in [-0.4, -0.2) is 11.7 Å². The van der Waals surface area contributed by atoms with E-state index in [0.29, 0.717) is 5.56 Å². The summed E-state index contributed by atoms with van der Waals surface area (Å²) in [6.45, 7) is -0.265. The summed E-state index contributed by atoms with van der Waals surface area (Å²) in [5, 5.41) is 8.90. The Kier molecular flexibility index (Phi) is 3.69. The van der Waals surface area contributed by atoms with Crippen LogP contribution in [0.5, 0.6) is 0 Å². The molecule has 3 N–H and O–H groups in total. The van der Waals surface area contributed by atoms with E-state index in [2.05, 4.69) is 0 Å². The standard InChI is InChI=1S/C14H13F2NO/c15-12-4-2-1-3-10(12)11-6-5-9(7-13(11)16)14(17)8-18/h1-7,14,18H,8,17H2/t14-/m0/s1. The van der Waals surface area contributed by atoms with Crippen LogP contribution in [0.25, 0.3) is 11.1 Å². The third-order valence-electron chi connectivity index (χ3n) is 2.78. The van der Waals surface area contributed by atoms with Crippen LogP contribution in [0.1, 0.15) is 11.6 Å². The maximum absolute atomic E-state index is 13.9. The zero-order chi connectivity index (χ0) is 13.1. The van der Waals surface area contributed by atoms with Crippen LogP contribution in [0, 0.1) is 11.6 Å². The molecule has 0 aromatic heterocycles. The Morgan fingerprint density at radius 1 is 1.00 bits per heavy atom. The van der Waals surface area contributed by atoms with Crippen LogP contribution in [-0.2, 0) is 0 Å². The molecule has 0 heterocycles. The van der Waals surface area contributed by atoms with Crippen LogP contribution < -0.4 is 5.73 Å². The zero-order valence-electron chi connectivity index (χ0n) is 9.61. The minimum absolute atomic E-state index is 0.182.